The van der Waals surface area contributed by atoms with Gasteiger partial charge in [0.2, 0.25) is 5.91 Å². The van der Waals surface area contributed by atoms with E-state index in [2.05, 4.69) is 5.32 Å². The molecule has 1 amide bonds. The van der Waals surface area contributed by atoms with Crippen LogP contribution in [0.1, 0.15) is 35.7 Å². The normalized spacial score (nSPS) is 14.8. The molecule has 1 aliphatic carbocycles. The first-order valence-corrected chi connectivity index (χ1v) is 8.27. The molecule has 0 spiro atoms. The first kappa shape index (κ1) is 16.5. The predicted molar refractivity (Wildman–Crippen MR) is 93.4 cm³/mol. The Kier molecular flexibility index (Phi) is 4.58. The SMILES string of the molecule is CCOC(=O)c1ccc(NC(=O)C2(c3ccc(Cl)cc3)CC2)cc1. The predicted octanol–water partition coefficient (Wildman–Crippen LogP) is 4.19. The second-order valence-corrected chi connectivity index (χ2v) is 6.28. The molecule has 0 atom stereocenters. The van der Waals surface area contributed by atoms with E-state index in [1.807, 2.05) is 12.1 Å². The molecule has 1 saturated carbocycles. The number of hydrogen-bond donors (Lipinski definition) is 1. The summed E-state index contributed by atoms with van der Waals surface area (Å²) >= 11 is 5.92. The Morgan fingerprint density at radius 3 is 2.25 bits per heavy atom. The smallest absolute Gasteiger partial charge is 0.338 e. The van der Waals surface area contributed by atoms with Crippen molar-refractivity contribution in [3.05, 3.63) is 64.7 Å². The van der Waals surface area contributed by atoms with Gasteiger partial charge in [-0.25, -0.2) is 4.79 Å². The highest BCUT2D eigenvalue weighted by atomic mass is 35.5. The van der Waals surface area contributed by atoms with Gasteiger partial charge >= 0.3 is 5.97 Å². The molecule has 0 aliphatic heterocycles. The summed E-state index contributed by atoms with van der Waals surface area (Å²) in [6.07, 6.45) is 1.64. The van der Waals surface area contributed by atoms with Gasteiger partial charge in [0.05, 0.1) is 17.6 Å². The lowest BCUT2D eigenvalue weighted by molar-refractivity contribution is -0.118. The third-order valence-electron chi connectivity index (χ3n) is 4.24. The summed E-state index contributed by atoms with van der Waals surface area (Å²) in [6, 6.07) is 14.1. The molecule has 124 valence electrons. The Bertz CT molecular complexity index is 749. The molecule has 1 fully saturated rings. The summed E-state index contributed by atoms with van der Waals surface area (Å²) in [5.41, 5.74) is 1.64. The summed E-state index contributed by atoms with van der Waals surface area (Å²) in [4.78, 5) is 24.3. The van der Waals surface area contributed by atoms with Crippen LogP contribution >= 0.6 is 11.6 Å². The zero-order chi connectivity index (χ0) is 17.2. The maximum Gasteiger partial charge on any atom is 0.338 e. The Balaban J connectivity index is 1.71. The number of halogens is 1. The maximum atomic E-state index is 12.7. The van der Waals surface area contributed by atoms with Crippen molar-refractivity contribution < 1.29 is 14.3 Å². The summed E-state index contributed by atoms with van der Waals surface area (Å²) in [5, 5.41) is 3.59. The molecular formula is C19H18ClNO3. The van der Waals surface area contributed by atoms with Crippen molar-refractivity contribution in [2.45, 2.75) is 25.2 Å². The van der Waals surface area contributed by atoms with Crippen LogP contribution in [0.25, 0.3) is 0 Å². The highest BCUT2D eigenvalue weighted by molar-refractivity contribution is 6.30. The molecule has 4 nitrogen and oxygen atoms in total. The summed E-state index contributed by atoms with van der Waals surface area (Å²) in [6.45, 7) is 2.10. The van der Waals surface area contributed by atoms with E-state index in [0.717, 1.165) is 18.4 Å². The van der Waals surface area contributed by atoms with Crippen molar-refractivity contribution in [2.24, 2.45) is 0 Å². The Morgan fingerprint density at radius 2 is 1.71 bits per heavy atom. The van der Waals surface area contributed by atoms with E-state index < -0.39 is 5.41 Å². The van der Waals surface area contributed by atoms with Gasteiger partial charge in [-0.1, -0.05) is 23.7 Å². The number of rotatable bonds is 5. The quantitative estimate of drug-likeness (QED) is 0.828. The molecule has 5 heteroatoms. The van der Waals surface area contributed by atoms with E-state index in [0.29, 0.717) is 22.9 Å². The van der Waals surface area contributed by atoms with Gasteiger partial charge in [-0.3, -0.25) is 4.79 Å². The van der Waals surface area contributed by atoms with Crippen molar-refractivity contribution in [3.63, 3.8) is 0 Å². The fraction of sp³-hybridized carbons (Fsp3) is 0.263. The molecule has 0 aromatic heterocycles. The van der Waals surface area contributed by atoms with Crippen molar-refractivity contribution in [2.75, 3.05) is 11.9 Å². The van der Waals surface area contributed by atoms with Crippen LogP contribution in [0.5, 0.6) is 0 Å². The zero-order valence-corrected chi connectivity index (χ0v) is 14.1. The van der Waals surface area contributed by atoms with Gasteiger partial charge in [0.25, 0.3) is 0 Å². The topological polar surface area (TPSA) is 55.4 Å². The highest BCUT2D eigenvalue weighted by Gasteiger charge is 2.51. The van der Waals surface area contributed by atoms with Crippen LogP contribution in [0.15, 0.2) is 48.5 Å². The third-order valence-corrected chi connectivity index (χ3v) is 4.49. The average molecular weight is 344 g/mol. The Hall–Kier alpha value is -2.33. The molecule has 24 heavy (non-hydrogen) atoms. The fourth-order valence-electron chi connectivity index (χ4n) is 2.70. The molecular weight excluding hydrogens is 326 g/mol. The summed E-state index contributed by atoms with van der Waals surface area (Å²) < 4.78 is 4.94. The maximum absolute atomic E-state index is 12.7. The lowest BCUT2D eigenvalue weighted by Gasteiger charge is -2.16. The van der Waals surface area contributed by atoms with Gasteiger partial charge in [-0.05, 0) is 61.7 Å². The monoisotopic (exact) mass is 343 g/mol. The molecule has 1 aliphatic rings. The van der Waals surface area contributed by atoms with Gasteiger partial charge in [-0.2, -0.15) is 0 Å². The zero-order valence-electron chi connectivity index (χ0n) is 13.3. The molecule has 0 saturated heterocycles. The van der Waals surface area contributed by atoms with Gasteiger partial charge in [0, 0.05) is 10.7 Å². The van der Waals surface area contributed by atoms with E-state index >= 15 is 0 Å². The number of anilines is 1. The molecule has 2 aromatic rings. The standard InChI is InChI=1S/C19H18ClNO3/c1-2-24-17(22)13-3-9-16(10-4-13)21-18(23)19(11-12-19)14-5-7-15(20)8-6-14/h3-10H,2,11-12H2,1H3,(H,21,23). The fourth-order valence-corrected chi connectivity index (χ4v) is 2.82. The molecule has 3 rings (SSSR count). The highest BCUT2D eigenvalue weighted by Crippen LogP contribution is 2.49. The van der Waals surface area contributed by atoms with E-state index in [4.69, 9.17) is 16.3 Å². The number of nitrogens with one attached hydrogen (secondary N) is 1. The first-order valence-electron chi connectivity index (χ1n) is 7.90. The van der Waals surface area contributed by atoms with Crippen LogP contribution in [0.4, 0.5) is 5.69 Å². The van der Waals surface area contributed by atoms with Crippen molar-refractivity contribution in [3.8, 4) is 0 Å². The van der Waals surface area contributed by atoms with Crippen molar-refractivity contribution in [1.82, 2.24) is 0 Å². The number of esters is 1. The molecule has 0 radical (unpaired) electrons. The number of carbonyl (C=O) groups excluding carboxylic acids is 2. The minimum absolute atomic E-state index is 0.0336. The Morgan fingerprint density at radius 1 is 1.08 bits per heavy atom. The van der Waals surface area contributed by atoms with Crippen molar-refractivity contribution >= 4 is 29.2 Å². The Labute approximate surface area is 145 Å². The van der Waals surface area contributed by atoms with Crippen LogP contribution in [0, 0.1) is 0 Å². The average Bonchev–Trinajstić information content (AvgIpc) is 3.38. The molecule has 0 unspecified atom stereocenters. The van der Waals surface area contributed by atoms with E-state index in [1.54, 1.807) is 43.3 Å². The van der Waals surface area contributed by atoms with Crippen molar-refractivity contribution in [1.29, 1.82) is 0 Å². The van der Waals surface area contributed by atoms with Gasteiger partial charge in [-0.15, -0.1) is 0 Å². The largest absolute Gasteiger partial charge is 0.462 e. The van der Waals surface area contributed by atoms with Crippen LogP contribution in [0.3, 0.4) is 0 Å². The molecule has 0 heterocycles. The minimum Gasteiger partial charge on any atom is -0.462 e. The number of amides is 1. The lowest BCUT2D eigenvalue weighted by atomic mass is 9.95. The second kappa shape index (κ2) is 6.65. The van der Waals surface area contributed by atoms with E-state index in [9.17, 15) is 9.59 Å². The lowest BCUT2D eigenvalue weighted by Crippen LogP contribution is -2.27. The summed E-state index contributed by atoms with van der Waals surface area (Å²) in [7, 11) is 0. The van der Waals surface area contributed by atoms with E-state index in [1.165, 1.54) is 0 Å². The number of benzene rings is 2. The first-order chi connectivity index (χ1) is 11.5. The van der Waals surface area contributed by atoms with Crippen LogP contribution in [-0.2, 0) is 14.9 Å². The molecule has 2 aromatic carbocycles. The van der Waals surface area contributed by atoms with Crippen LogP contribution in [0.2, 0.25) is 5.02 Å². The third kappa shape index (κ3) is 3.29. The minimum atomic E-state index is -0.468. The number of ether oxygens (including phenoxy) is 1. The molecule has 0 bridgehead atoms. The summed E-state index contributed by atoms with van der Waals surface area (Å²) in [5.74, 6) is -0.399. The van der Waals surface area contributed by atoms with Crippen LogP contribution in [-0.4, -0.2) is 18.5 Å². The second-order valence-electron chi connectivity index (χ2n) is 5.84. The van der Waals surface area contributed by atoms with Gasteiger partial charge < -0.3 is 10.1 Å². The van der Waals surface area contributed by atoms with Crippen LogP contribution < -0.4 is 5.32 Å². The van der Waals surface area contributed by atoms with Gasteiger partial charge in [0.15, 0.2) is 0 Å². The number of hydrogen-bond acceptors (Lipinski definition) is 3. The van der Waals surface area contributed by atoms with Gasteiger partial charge in [0.1, 0.15) is 0 Å². The van der Waals surface area contributed by atoms with E-state index in [-0.39, 0.29) is 11.9 Å². The number of carbonyl (C=O) groups is 2. The molecule has 1 N–H and O–H groups in total.